The number of rotatable bonds is 4. The van der Waals surface area contributed by atoms with Crippen LogP contribution < -0.4 is 0 Å². The number of fused-ring (bicyclic) bond motifs is 3. The van der Waals surface area contributed by atoms with Gasteiger partial charge in [0.25, 0.3) is 0 Å². The van der Waals surface area contributed by atoms with Crippen LogP contribution in [0.4, 0.5) is 0 Å². The van der Waals surface area contributed by atoms with Crippen molar-refractivity contribution in [3.8, 4) is 21.8 Å². The average Bonchev–Trinajstić information content (AvgIpc) is 3.32. The van der Waals surface area contributed by atoms with E-state index in [-0.39, 0.29) is 17.3 Å². The zero-order valence-electron chi connectivity index (χ0n) is 21.3. The summed E-state index contributed by atoms with van der Waals surface area (Å²) in [6.45, 7) is 9.03. The second-order valence-electron chi connectivity index (χ2n) is 11.0. The Kier molecular flexibility index (Phi) is 6.34. The Labute approximate surface area is 217 Å². The Morgan fingerprint density at radius 2 is 1.94 bits per heavy atom. The summed E-state index contributed by atoms with van der Waals surface area (Å²) < 4.78 is 5.31. The van der Waals surface area contributed by atoms with E-state index < -0.39 is 5.41 Å². The predicted octanol–water partition coefficient (Wildman–Crippen LogP) is 8.44. The van der Waals surface area contributed by atoms with Crippen molar-refractivity contribution in [2.75, 3.05) is 7.11 Å². The Morgan fingerprint density at radius 3 is 2.66 bits per heavy atom. The first-order valence-electron chi connectivity index (χ1n) is 12.7. The fourth-order valence-corrected chi connectivity index (χ4v) is 8.01. The van der Waals surface area contributed by atoms with Crippen LogP contribution in [0.1, 0.15) is 76.0 Å². The van der Waals surface area contributed by atoms with Gasteiger partial charge in [-0.2, -0.15) is 0 Å². The maximum atomic E-state index is 13.0. The van der Waals surface area contributed by atoms with Crippen LogP contribution in [0.15, 0.2) is 41.8 Å². The van der Waals surface area contributed by atoms with Crippen LogP contribution >= 0.6 is 22.9 Å². The molecule has 0 aliphatic heterocycles. The number of carbonyl (C=O) groups is 1. The van der Waals surface area contributed by atoms with Crippen molar-refractivity contribution in [2.24, 2.45) is 11.3 Å². The van der Waals surface area contributed by atoms with E-state index in [1.54, 1.807) is 11.3 Å². The molecule has 0 amide bonds. The van der Waals surface area contributed by atoms with E-state index in [4.69, 9.17) is 21.3 Å². The highest BCUT2D eigenvalue weighted by molar-refractivity contribution is 7.13. The van der Waals surface area contributed by atoms with Gasteiger partial charge in [0.2, 0.25) is 0 Å². The Balaban J connectivity index is 1.64. The molecule has 0 spiro atoms. The molecule has 1 aromatic heterocycles. The Hall–Kier alpha value is -2.17. The van der Waals surface area contributed by atoms with Gasteiger partial charge < -0.3 is 4.74 Å². The van der Waals surface area contributed by atoms with Gasteiger partial charge in [0.1, 0.15) is 5.01 Å². The SMILES string of the molecule is COC(=O)[C@]1(C)CCC[C@]2(C)c3cc(-c4csc(-c5ccccc5Cl)n4)c(C(C)C)cc3CC[C@@H]12. The first-order valence-corrected chi connectivity index (χ1v) is 13.9. The molecule has 184 valence electrons. The maximum Gasteiger partial charge on any atom is 0.311 e. The number of carbonyl (C=O) groups excluding carboxylic acids is 1. The van der Waals surface area contributed by atoms with Gasteiger partial charge in [-0.3, -0.25) is 4.79 Å². The zero-order chi connectivity index (χ0) is 25.0. The van der Waals surface area contributed by atoms with Crippen LogP contribution in [0.2, 0.25) is 5.02 Å². The number of halogens is 1. The lowest BCUT2D eigenvalue weighted by molar-refractivity contribution is -0.161. The van der Waals surface area contributed by atoms with E-state index in [1.165, 1.54) is 29.4 Å². The van der Waals surface area contributed by atoms with Crippen molar-refractivity contribution in [1.82, 2.24) is 4.98 Å². The minimum Gasteiger partial charge on any atom is -0.469 e. The third-order valence-electron chi connectivity index (χ3n) is 8.68. The van der Waals surface area contributed by atoms with E-state index in [0.29, 0.717) is 5.92 Å². The molecule has 2 aromatic carbocycles. The van der Waals surface area contributed by atoms with Crippen molar-refractivity contribution in [2.45, 2.75) is 71.1 Å². The van der Waals surface area contributed by atoms with E-state index >= 15 is 0 Å². The van der Waals surface area contributed by atoms with Crippen LogP contribution in [0.5, 0.6) is 0 Å². The number of hydrogen-bond acceptors (Lipinski definition) is 4. The van der Waals surface area contributed by atoms with Gasteiger partial charge in [-0.15, -0.1) is 11.3 Å². The number of ether oxygens (including phenoxy) is 1. The fourth-order valence-electron chi connectivity index (χ4n) is 6.87. The molecule has 1 heterocycles. The van der Waals surface area contributed by atoms with Crippen LogP contribution in [-0.4, -0.2) is 18.1 Å². The number of aromatic nitrogens is 1. The van der Waals surface area contributed by atoms with Crippen molar-refractivity contribution >= 4 is 28.9 Å². The van der Waals surface area contributed by atoms with Crippen molar-refractivity contribution < 1.29 is 9.53 Å². The maximum absolute atomic E-state index is 13.0. The Bertz CT molecular complexity index is 1280. The highest BCUT2D eigenvalue weighted by atomic mass is 35.5. The summed E-state index contributed by atoms with van der Waals surface area (Å²) in [6, 6.07) is 12.7. The molecule has 5 rings (SSSR count). The van der Waals surface area contributed by atoms with Gasteiger partial charge >= 0.3 is 5.97 Å². The summed E-state index contributed by atoms with van der Waals surface area (Å²) in [5.74, 6) is 0.605. The van der Waals surface area contributed by atoms with Gasteiger partial charge in [0.05, 0.1) is 23.2 Å². The van der Waals surface area contributed by atoms with Gasteiger partial charge in [-0.25, -0.2) is 4.98 Å². The second kappa shape index (κ2) is 9.05. The molecule has 0 saturated heterocycles. The number of esters is 1. The minimum atomic E-state index is -0.436. The third-order valence-corrected chi connectivity index (χ3v) is 9.89. The molecule has 2 aliphatic carbocycles. The molecule has 3 aromatic rings. The van der Waals surface area contributed by atoms with Crippen LogP contribution in [0, 0.1) is 11.3 Å². The quantitative estimate of drug-likeness (QED) is 0.332. The minimum absolute atomic E-state index is 0.0549. The van der Waals surface area contributed by atoms with Gasteiger partial charge in [0.15, 0.2) is 0 Å². The van der Waals surface area contributed by atoms with E-state index in [0.717, 1.165) is 53.4 Å². The number of methoxy groups -OCH3 is 1. The Morgan fingerprint density at radius 1 is 1.17 bits per heavy atom. The molecule has 0 N–H and O–H groups in total. The molecule has 0 unspecified atom stereocenters. The molecule has 0 bridgehead atoms. The normalized spacial score (nSPS) is 25.7. The average molecular weight is 508 g/mol. The lowest BCUT2D eigenvalue weighted by Gasteiger charge is -2.54. The molecular weight excluding hydrogens is 474 g/mol. The summed E-state index contributed by atoms with van der Waals surface area (Å²) >= 11 is 8.12. The topological polar surface area (TPSA) is 39.2 Å². The number of aryl methyl sites for hydroxylation is 1. The van der Waals surface area contributed by atoms with Gasteiger partial charge in [0, 0.05) is 16.5 Å². The predicted molar refractivity (Wildman–Crippen MR) is 145 cm³/mol. The highest BCUT2D eigenvalue weighted by Crippen LogP contribution is 2.58. The summed E-state index contributed by atoms with van der Waals surface area (Å²) in [5.41, 5.74) is 6.88. The van der Waals surface area contributed by atoms with E-state index in [1.807, 2.05) is 24.3 Å². The zero-order valence-corrected chi connectivity index (χ0v) is 22.9. The number of thiazole rings is 1. The number of hydrogen-bond donors (Lipinski definition) is 0. The molecule has 3 nitrogen and oxygen atoms in total. The first kappa shape index (κ1) is 24.5. The molecule has 1 fully saturated rings. The van der Waals surface area contributed by atoms with Gasteiger partial charge in [-0.1, -0.05) is 63.1 Å². The molecule has 1 saturated carbocycles. The summed E-state index contributed by atoms with van der Waals surface area (Å²) in [7, 11) is 1.53. The monoisotopic (exact) mass is 507 g/mol. The molecule has 0 radical (unpaired) electrons. The van der Waals surface area contributed by atoms with Crippen LogP contribution in [0.25, 0.3) is 21.8 Å². The lowest BCUT2D eigenvalue weighted by atomic mass is 9.49. The molecule has 35 heavy (non-hydrogen) atoms. The number of nitrogens with zero attached hydrogens (tertiary/aromatic N) is 1. The van der Waals surface area contributed by atoms with Crippen molar-refractivity contribution in [1.29, 1.82) is 0 Å². The smallest absolute Gasteiger partial charge is 0.311 e. The standard InChI is InChI=1S/C30H34ClNO2S/c1-18(2)21-15-19-11-12-26-29(3,13-8-14-30(26,4)28(33)34-5)23(19)16-22(21)25-17-35-27(32-25)20-9-6-7-10-24(20)31/h6-7,9-10,15-18,26H,8,11-14H2,1-5H3/t26-,29-,30-/m1/s1. The lowest BCUT2D eigenvalue weighted by Crippen LogP contribution is -2.52. The summed E-state index contributed by atoms with van der Waals surface area (Å²) in [6.07, 6.45) is 5.06. The number of benzene rings is 2. The summed E-state index contributed by atoms with van der Waals surface area (Å²) in [5, 5.41) is 3.83. The first-order chi connectivity index (χ1) is 16.7. The summed E-state index contributed by atoms with van der Waals surface area (Å²) in [4.78, 5) is 18.0. The molecule has 2 aliphatic rings. The van der Waals surface area contributed by atoms with E-state index in [2.05, 4.69) is 45.2 Å². The van der Waals surface area contributed by atoms with Crippen molar-refractivity contribution in [3.63, 3.8) is 0 Å². The van der Waals surface area contributed by atoms with Crippen LogP contribution in [-0.2, 0) is 21.4 Å². The highest BCUT2D eigenvalue weighted by Gasteiger charge is 2.55. The molecular formula is C30H34ClNO2S. The largest absolute Gasteiger partial charge is 0.469 e. The second-order valence-corrected chi connectivity index (χ2v) is 12.3. The van der Waals surface area contributed by atoms with Crippen molar-refractivity contribution in [3.05, 3.63) is 63.5 Å². The molecule has 3 atom stereocenters. The van der Waals surface area contributed by atoms with Crippen LogP contribution in [0.3, 0.4) is 0 Å². The fraction of sp³-hybridized carbons (Fsp3) is 0.467. The van der Waals surface area contributed by atoms with E-state index in [9.17, 15) is 4.79 Å². The van der Waals surface area contributed by atoms with Gasteiger partial charge in [-0.05, 0) is 78.7 Å². The third kappa shape index (κ3) is 3.94. The molecule has 5 heteroatoms.